The third-order valence-corrected chi connectivity index (χ3v) is 4.78. The van der Waals surface area contributed by atoms with Crippen LogP contribution in [0, 0.1) is 5.92 Å². The highest BCUT2D eigenvalue weighted by Crippen LogP contribution is 2.16. The molecule has 2 aliphatic heterocycles. The van der Waals surface area contributed by atoms with Crippen molar-refractivity contribution in [2.45, 2.75) is 51.5 Å². The molecule has 22 heavy (non-hydrogen) atoms. The van der Waals surface area contributed by atoms with E-state index in [0.717, 1.165) is 71.7 Å². The molecule has 0 aromatic heterocycles. The second-order valence-corrected chi connectivity index (χ2v) is 6.42. The molecule has 2 heterocycles. The van der Waals surface area contributed by atoms with Gasteiger partial charge in [0.1, 0.15) is 0 Å². The van der Waals surface area contributed by atoms with Crippen molar-refractivity contribution in [3.63, 3.8) is 0 Å². The summed E-state index contributed by atoms with van der Waals surface area (Å²) in [6, 6.07) is 0.0851. The first-order valence-electron chi connectivity index (χ1n) is 8.98. The highest BCUT2D eigenvalue weighted by molar-refractivity contribution is 5.81. The van der Waals surface area contributed by atoms with Gasteiger partial charge < -0.3 is 14.8 Å². The Labute approximate surface area is 134 Å². The largest absolute Gasteiger partial charge is 0.381 e. The number of amides is 1. The van der Waals surface area contributed by atoms with Crippen molar-refractivity contribution in [2.24, 2.45) is 5.92 Å². The van der Waals surface area contributed by atoms with E-state index in [0.29, 0.717) is 5.92 Å². The second kappa shape index (κ2) is 10.2. The Bertz CT molecular complexity index is 319. The number of carbonyl (C=O) groups excluding carboxylic acids is 1. The van der Waals surface area contributed by atoms with E-state index < -0.39 is 0 Å². The molecule has 0 radical (unpaired) electrons. The maximum Gasteiger partial charge on any atom is 0.237 e. The highest BCUT2D eigenvalue weighted by Gasteiger charge is 2.26. The van der Waals surface area contributed by atoms with Crippen molar-refractivity contribution in [1.29, 1.82) is 0 Å². The standard InChI is InChI=1S/C17H32N2O3/c1-2-19-10-4-3-6-16(19)17(20)18-9-5-11-22-14-15-7-12-21-13-8-15/h15-16H,2-14H2,1H3,(H,18,20)/t16-/m0/s1. The van der Waals surface area contributed by atoms with E-state index >= 15 is 0 Å². The molecule has 0 saturated carbocycles. The van der Waals surface area contributed by atoms with E-state index in [1.807, 2.05) is 0 Å². The monoisotopic (exact) mass is 312 g/mol. The van der Waals surface area contributed by atoms with Gasteiger partial charge in [0, 0.05) is 33.0 Å². The van der Waals surface area contributed by atoms with Gasteiger partial charge in [-0.05, 0) is 51.1 Å². The second-order valence-electron chi connectivity index (χ2n) is 6.42. The van der Waals surface area contributed by atoms with Gasteiger partial charge in [0.15, 0.2) is 0 Å². The van der Waals surface area contributed by atoms with Crippen molar-refractivity contribution < 1.29 is 14.3 Å². The summed E-state index contributed by atoms with van der Waals surface area (Å²) in [6.07, 6.45) is 6.52. The van der Waals surface area contributed by atoms with Crippen molar-refractivity contribution in [3.05, 3.63) is 0 Å². The summed E-state index contributed by atoms with van der Waals surface area (Å²) in [7, 11) is 0. The van der Waals surface area contributed by atoms with Crippen molar-refractivity contribution in [1.82, 2.24) is 10.2 Å². The average molecular weight is 312 g/mol. The molecule has 0 spiro atoms. The first kappa shape index (κ1) is 17.7. The summed E-state index contributed by atoms with van der Waals surface area (Å²) in [5.41, 5.74) is 0. The van der Waals surface area contributed by atoms with Crippen molar-refractivity contribution >= 4 is 5.91 Å². The Balaban J connectivity index is 1.51. The number of rotatable bonds is 8. The molecule has 2 saturated heterocycles. The van der Waals surface area contributed by atoms with Gasteiger partial charge in [0.05, 0.1) is 6.04 Å². The number of hydrogen-bond acceptors (Lipinski definition) is 4. The lowest BCUT2D eigenvalue weighted by molar-refractivity contribution is -0.127. The van der Waals surface area contributed by atoms with Crippen LogP contribution in [0.1, 0.15) is 45.4 Å². The quantitative estimate of drug-likeness (QED) is 0.695. The average Bonchev–Trinajstić information content (AvgIpc) is 2.58. The number of carbonyl (C=O) groups is 1. The SMILES string of the molecule is CCN1CCCC[C@H]1C(=O)NCCCOCC1CCOCC1. The molecule has 2 rings (SSSR count). The summed E-state index contributed by atoms with van der Waals surface area (Å²) in [4.78, 5) is 14.5. The zero-order valence-electron chi connectivity index (χ0n) is 14.0. The van der Waals surface area contributed by atoms with Crippen LogP contribution in [0.2, 0.25) is 0 Å². The van der Waals surface area contributed by atoms with E-state index in [2.05, 4.69) is 17.1 Å². The Kier molecular flexibility index (Phi) is 8.20. The Morgan fingerprint density at radius 3 is 2.86 bits per heavy atom. The van der Waals surface area contributed by atoms with Gasteiger partial charge in [-0.2, -0.15) is 0 Å². The predicted molar refractivity (Wildman–Crippen MR) is 86.9 cm³/mol. The minimum Gasteiger partial charge on any atom is -0.381 e. The molecular formula is C17H32N2O3. The molecule has 0 bridgehead atoms. The summed E-state index contributed by atoms with van der Waals surface area (Å²) in [5, 5.41) is 3.07. The minimum atomic E-state index is 0.0851. The van der Waals surface area contributed by atoms with Crippen LogP contribution in [-0.2, 0) is 14.3 Å². The van der Waals surface area contributed by atoms with E-state index in [4.69, 9.17) is 9.47 Å². The Hall–Kier alpha value is -0.650. The summed E-state index contributed by atoms with van der Waals surface area (Å²) in [5.74, 6) is 0.856. The van der Waals surface area contributed by atoms with Crippen LogP contribution in [0.25, 0.3) is 0 Å². The van der Waals surface area contributed by atoms with Gasteiger partial charge in [0.2, 0.25) is 5.91 Å². The number of ether oxygens (including phenoxy) is 2. The maximum absolute atomic E-state index is 12.2. The molecule has 128 valence electrons. The molecule has 1 amide bonds. The number of hydrogen-bond donors (Lipinski definition) is 1. The Morgan fingerprint density at radius 2 is 2.09 bits per heavy atom. The molecule has 5 heteroatoms. The van der Waals surface area contributed by atoms with Crippen molar-refractivity contribution in [2.75, 3.05) is 46.1 Å². The smallest absolute Gasteiger partial charge is 0.237 e. The zero-order chi connectivity index (χ0) is 15.6. The topological polar surface area (TPSA) is 50.8 Å². The van der Waals surface area contributed by atoms with Gasteiger partial charge in [-0.25, -0.2) is 0 Å². The molecule has 0 aliphatic carbocycles. The van der Waals surface area contributed by atoms with E-state index in [-0.39, 0.29) is 11.9 Å². The Morgan fingerprint density at radius 1 is 1.27 bits per heavy atom. The fourth-order valence-electron chi connectivity index (χ4n) is 3.33. The molecule has 0 unspecified atom stereocenters. The fraction of sp³-hybridized carbons (Fsp3) is 0.941. The molecule has 0 aromatic carbocycles. The highest BCUT2D eigenvalue weighted by atomic mass is 16.5. The first-order chi connectivity index (χ1) is 10.8. The van der Waals surface area contributed by atoms with Gasteiger partial charge in [-0.15, -0.1) is 0 Å². The molecular weight excluding hydrogens is 280 g/mol. The lowest BCUT2D eigenvalue weighted by Gasteiger charge is -2.33. The molecule has 1 N–H and O–H groups in total. The molecule has 2 fully saturated rings. The normalized spacial score (nSPS) is 24.3. The van der Waals surface area contributed by atoms with Gasteiger partial charge in [-0.3, -0.25) is 9.69 Å². The number of likely N-dealkylation sites (tertiary alicyclic amines) is 1. The van der Waals surface area contributed by atoms with Crippen LogP contribution in [-0.4, -0.2) is 62.9 Å². The predicted octanol–water partition coefficient (Wildman–Crippen LogP) is 1.81. The van der Waals surface area contributed by atoms with Crippen LogP contribution in [0.15, 0.2) is 0 Å². The van der Waals surface area contributed by atoms with Crippen LogP contribution in [0.4, 0.5) is 0 Å². The number of piperidine rings is 1. The summed E-state index contributed by atoms with van der Waals surface area (Å²) in [6.45, 7) is 8.20. The van der Waals surface area contributed by atoms with Crippen LogP contribution >= 0.6 is 0 Å². The number of nitrogens with zero attached hydrogens (tertiary/aromatic N) is 1. The molecule has 5 nitrogen and oxygen atoms in total. The van der Waals surface area contributed by atoms with E-state index in [9.17, 15) is 4.79 Å². The summed E-state index contributed by atoms with van der Waals surface area (Å²) < 4.78 is 11.1. The number of nitrogens with one attached hydrogen (secondary N) is 1. The van der Waals surface area contributed by atoms with Gasteiger partial charge >= 0.3 is 0 Å². The molecule has 2 aliphatic rings. The van der Waals surface area contributed by atoms with E-state index in [1.165, 1.54) is 12.8 Å². The van der Waals surface area contributed by atoms with Crippen LogP contribution in [0.3, 0.4) is 0 Å². The zero-order valence-corrected chi connectivity index (χ0v) is 14.0. The third kappa shape index (κ3) is 5.86. The van der Waals surface area contributed by atoms with Crippen molar-refractivity contribution in [3.8, 4) is 0 Å². The maximum atomic E-state index is 12.2. The van der Waals surface area contributed by atoms with Crippen LogP contribution < -0.4 is 5.32 Å². The summed E-state index contributed by atoms with van der Waals surface area (Å²) >= 11 is 0. The lowest BCUT2D eigenvalue weighted by Crippen LogP contribution is -2.49. The minimum absolute atomic E-state index is 0.0851. The fourth-order valence-corrected chi connectivity index (χ4v) is 3.33. The van der Waals surface area contributed by atoms with E-state index in [1.54, 1.807) is 0 Å². The third-order valence-electron chi connectivity index (χ3n) is 4.78. The van der Waals surface area contributed by atoms with Gasteiger partial charge in [-0.1, -0.05) is 13.3 Å². The lowest BCUT2D eigenvalue weighted by atomic mass is 10.0. The van der Waals surface area contributed by atoms with Crippen LogP contribution in [0.5, 0.6) is 0 Å². The molecule has 1 atom stereocenters. The van der Waals surface area contributed by atoms with Gasteiger partial charge in [0.25, 0.3) is 0 Å². The first-order valence-corrected chi connectivity index (χ1v) is 8.98. The number of likely N-dealkylation sites (N-methyl/N-ethyl adjacent to an activating group) is 1. The molecule has 0 aromatic rings.